The third-order valence-corrected chi connectivity index (χ3v) is 5.26. The van der Waals surface area contributed by atoms with Crippen LogP contribution in [0.1, 0.15) is 0 Å². The number of hydrogen-bond acceptors (Lipinski definition) is 7. The van der Waals surface area contributed by atoms with Crippen LogP contribution in [0.15, 0.2) is 93.9 Å². The lowest BCUT2D eigenvalue weighted by molar-refractivity contribution is 0.414. The van der Waals surface area contributed by atoms with E-state index in [4.69, 9.17) is 21.7 Å². The maximum atomic E-state index is 13.4. The van der Waals surface area contributed by atoms with Gasteiger partial charge in [0.2, 0.25) is 11.6 Å². The maximum absolute atomic E-state index is 13.4. The van der Waals surface area contributed by atoms with Gasteiger partial charge in [0.1, 0.15) is 17.2 Å². The fourth-order valence-corrected chi connectivity index (χ4v) is 3.64. The second kappa shape index (κ2) is 9.49. The lowest BCUT2D eigenvalue weighted by atomic mass is 10.3. The average Bonchev–Trinajstić information content (AvgIpc) is 2.85. The third-order valence-electron chi connectivity index (χ3n) is 4.90. The molecule has 0 spiro atoms. The Balaban J connectivity index is 1.98. The molecule has 0 saturated carbocycles. The Labute approximate surface area is 194 Å². The van der Waals surface area contributed by atoms with Gasteiger partial charge in [-0.1, -0.05) is 30.3 Å². The van der Waals surface area contributed by atoms with Crippen molar-refractivity contribution in [2.45, 2.75) is 0 Å². The molecule has 0 atom stereocenters. The van der Waals surface area contributed by atoms with Crippen molar-refractivity contribution in [3.8, 4) is 28.8 Å². The molecule has 0 aliphatic carbocycles. The number of methoxy groups -OCH3 is 2. The minimum absolute atomic E-state index is 0.0742. The lowest BCUT2D eigenvalue weighted by Crippen LogP contribution is -2.23. The van der Waals surface area contributed by atoms with Crippen LogP contribution in [0.3, 0.4) is 0 Å². The summed E-state index contributed by atoms with van der Waals surface area (Å²) in [5, 5.41) is 19.3. The Bertz CT molecular complexity index is 1430. The van der Waals surface area contributed by atoms with Gasteiger partial charge in [0, 0.05) is 0 Å². The maximum Gasteiger partial charge on any atom is 0.290 e. The second-order valence-corrected chi connectivity index (χ2v) is 7.20. The van der Waals surface area contributed by atoms with Gasteiger partial charge in [-0.3, -0.25) is 13.9 Å². The Morgan fingerprint density at radius 3 is 2.09 bits per heavy atom. The molecule has 0 aliphatic heterocycles. The van der Waals surface area contributed by atoms with Crippen molar-refractivity contribution >= 4 is 23.6 Å². The number of azo groups is 1. The zero-order valence-electron chi connectivity index (χ0n) is 17.9. The summed E-state index contributed by atoms with van der Waals surface area (Å²) in [6, 6.07) is 22.8. The number of benzene rings is 3. The molecule has 1 aromatic heterocycles. The molecule has 0 bridgehead atoms. The van der Waals surface area contributed by atoms with E-state index in [-0.39, 0.29) is 10.5 Å². The number of aromatic nitrogens is 2. The molecular weight excluding hydrogens is 440 g/mol. The molecule has 166 valence electrons. The summed E-state index contributed by atoms with van der Waals surface area (Å²) in [5.41, 5.74) is 0.588. The number of hydrogen-bond donors (Lipinski definition) is 1. The lowest BCUT2D eigenvalue weighted by Gasteiger charge is -2.16. The Hall–Kier alpha value is -4.24. The van der Waals surface area contributed by atoms with Gasteiger partial charge in [-0.25, -0.2) is 0 Å². The van der Waals surface area contributed by atoms with E-state index in [2.05, 4.69) is 10.2 Å². The van der Waals surface area contributed by atoms with Crippen molar-refractivity contribution in [2.75, 3.05) is 14.2 Å². The van der Waals surface area contributed by atoms with Crippen LogP contribution in [0, 0.1) is 4.77 Å². The topological polar surface area (TPSA) is 90.3 Å². The Morgan fingerprint density at radius 1 is 0.788 bits per heavy atom. The highest BCUT2D eigenvalue weighted by Gasteiger charge is 2.19. The minimum atomic E-state index is -0.605. The fourth-order valence-electron chi connectivity index (χ4n) is 3.26. The molecule has 3 aromatic carbocycles. The van der Waals surface area contributed by atoms with Crippen LogP contribution in [-0.4, -0.2) is 28.5 Å². The van der Waals surface area contributed by atoms with Crippen molar-refractivity contribution in [3.63, 3.8) is 0 Å². The number of aromatic hydroxyl groups is 1. The highest BCUT2D eigenvalue weighted by molar-refractivity contribution is 7.71. The Kier molecular flexibility index (Phi) is 6.32. The smallest absolute Gasteiger partial charge is 0.290 e. The van der Waals surface area contributed by atoms with Crippen LogP contribution in [0.4, 0.5) is 11.4 Å². The molecule has 0 aliphatic rings. The molecule has 0 saturated heterocycles. The van der Waals surface area contributed by atoms with Crippen LogP contribution in [-0.2, 0) is 0 Å². The molecule has 9 heteroatoms. The zero-order chi connectivity index (χ0) is 23.4. The number of para-hydroxylation sites is 2. The van der Waals surface area contributed by atoms with E-state index in [0.29, 0.717) is 28.6 Å². The third kappa shape index (κ3) is 4.26. The number of nitrogens with zero attached hydrogens (tertiary/aromatic N) is 4. The summed E-state index contributed by atoms with van der Waals surface area (Å²) in [6.45, 7) is 0. The molecule has 0 unspecified atom stereocenters. The summed E-state index contributed by atoms with van der Waals surface area (Å²) in [7, 11) is 3.07. The molecule has 1 N–H and O–H groups in total. The second-order valence-electron chi connectivity index (χ2n) is 6.84. The fraction of sp³-hybridized carbons (Fsp3) is 0.0833. The van der Waals surface area contributed by atoms with Gasteiger partial charge in [0.25, 0.3) is 5.56 Å². The van der Waals surface area contributed by atoms with E-state index < -0.39 is 11.4 Å². The largest absolute Gasteiger partial charge is 0.497 e. The zero-order valence-corrected chi connectivity index (χ0v) is 18.7. The van der Waals surface area contributed by atoms with Gasteiger partial charge in [-0.15, -0.1) is 10.2 Å². The molecule has 0 amide bonds. The van der Waals surface area contributed by atoms with E-state index in [0.717, 1.165) is 0 Å². The van der Waals surface area contributed by atoms with E-state index in [1.54, 1.807) is 79.9 Å². The number of ether oxygens (including phenoxy) is 2. The van der Waals surface area contributed by atoms with E-state index in [9.17, 15) is 9.90 Å². The average molecular weight is 461 g/mol. The van der Waals surface area contributed by atoms with Crippen LogP contribution in [0.5, 0.6) is 17.4 Å². The SMILES string of the molecule is COc1ccc(-n2c(O)c(N=Nc3ccccc3OC)c(=O)n(-c3ccccc3)c2=S)cc1. The van der Waals surface area contributed by atoms with E-state index in [1.165, 1.54) is 16.2 Å². The highest BCUT2D eigenvalue weighted by Crippen LogP contribution is 2.32. The van der Waals surface area contributed by atoms with Crippen LogP contribution in [0.25, 0.3) is 11.4 Å². The first kappa shape index (κ1) is 22.0. The van der Waals surface area contributed by atoms with Crippen molar-refractivity contribution in [2.24, 2.45) is 10.2 Å². The van der Waals surface area contributed by atoms with E-state index >= 15 is 0 Å². The molecule has 8 nitrogen and oxygen atoms in total. The Morgan fingerprint density at radius 2 is 1.42 bits per heavy atom. The van der Waals surface area contributed by atoms with Gasteiger partial charge < -0.3 is 14.6 Å². The van der Waals surface area contributed by atoms with Gasteiger partial charge in [0.15, 0.2) is 4.77 Å². The molecule has 4 aromatic rings. The first-order chi connectivity index (χ1) is 16.0. The summed E-state index contributed by atoms with van der Waals surface area (Å²) in [5.74, 6) is 0.685. The molecule has 33 heavy (non-hydrogen) atoms. The minimum Gasteiger partial charge on any atom is -0.497 e. The summed E-state index contributed by atoms with van der Waals surface area (Å²) in [6.07, 6.45) is 0. The molecular formula is C24H20N4O4S. The van der Waals surface area contributed by atoms with Gasteiger partial charge >= 0.3 is 0 Å². The summed E-state index contributed by atoms with van der Waals surface area (Å²) >= 11 is 5.61. The van der Waals surface area contributed by atoms with Crippen LogP contribution >= 0.6 is 12.2 Å². The molecule has 4 rings (SSSR count). The normalized spacial score (nSPS) is 11.0. The molecule has 0 fully saturated rings. The summed E-state index contributed by atoms with van der Waals surface area (Å²) in [4.78, 5) is 13.4. The van der Waals surface area contributed by atoms with Crippen molar-refractivity contribution in [3.05, 3.63) is 94.0 Å². The predicted molar refractivity (Wildman–Crippen MR) is 128 cm³/mol. The van der Waals surface area contributed by atoms with Crippen LogP contribution < -0.4 is 15.0 Å². The van der Waals surface area contributed by atoms with Gasteiger partial charge in [0.05, 0.1) is 25.6 Å². The first-order valence-corrected chi connectivity index (χ1v) is 10.3. The molecule has 0 radical (unpaired) electrons. The van der Waals surface area contributed by atoms with Crippen molar-refractivity contribution in [1.29, 1.82) is 0 Å². The van der Waals surface area contributed by atoms with Crippen molar-refractivity contribution < 1.29 is 14.6 Å². The predicted octanol–water partition coefficient (Wildman–Crippen LogP) is 5.50. The van der Waals surface area contributed by atoms with Crippen molar-refractivity contribution in [1.82, 2.24) is 9.13 Å². The van der Waals surface area contributed by atoms with E-state index in [1.807, 2.05) is 6.07 Å². The summed E-state index contributed by atoms with van der Waals surface area (Å²) < 4.78 is 13.2. The monoisotopic (exact) mass is 460 g/mol. The van der Waals surface area contributed by atoms with Gasteiger partial charge in [-0.05, 0) is 60.7 Å². The van der Waals surface area contributed by atoms with Crippen LogP contribution in [0.2, 0.25) is 0 Å². The quantitative estimate of drug-likeness (QED) is 0.303. The first-order valence-electron chi connectivity index (χ1n) is 9.90. The molecule has 1 heterocycles. The number of rotatable bonds is 6. The standard InChI is InChI=1S/C24H20N4O4S/c1-31-18-14-12-17(13-15-18)28-23(30)21(26-25-19-10-6-7-11-20(19)32-2)22(29)27(24(28)33)16-8-4-3-5-9-16/h3-15,30H,1-2H3. The highest BCUT2D eigenvalue weighted by atomic mass is 32.1. The van der Waals surface area contributed by atoms with Gasteiger partial charge in [-0.2, -0.15) is 0 Å².